The zero-order valence-electron chi connectivity index (χ0n) is 13.3. The molecule has 0 saturated carbocycles. The van der Waals surface area contributed by atoms with Crippen LogP contribution >= 0.6 is 0 Å². The molecule has 3 rings (SSSR count). The number of amides is 3. The van der Waals surface area contributed by atoms with Crippen LogP contribution in [0.4, 0.5) is 0 Å². The maximum Gasteiger partial charge on any atom is 0.276 e. The summed E-state index contributed by atoms with van der Waals surface area (Å²) in [6, 6.07) is 1.60. The van der Waals surface area contributed by atoms with E-state index in [0.717, 1.165) is 0 Å². The maximum atomic E-state index is 12.4. The predicted molar refractivity (Wildman–Crippen MR) is 79.5 cm³/mol. The van der Waals surface area contributed by atoms with Gasteiger partial charge in [0.15, 0.2) is 5.69 Å². The third-order valence-electron chi connectivity index (χ3n) is 4.40. The van der Waals surface area contributed by atoms with Crippen molar-refractivity contribution in [3.63, 3.8) is 0 Å². The Balaban J connectivity index is 1.49. The van der Waals surface area contributed by atoms with Crippen LogP contribution in [0, 0.1) is 12.8 Å². The van der Waals surface area contributed by atoms with Crippen molar-refractivity contribution in [2.75, 3.05) is 39.3 Å². The van der Waals surface area contributed by atoms with E-state index in [1.807, 2.05) is 0 Å². The molecule has 8 nitrogen and oxygen atoms in total. The number of nitrogens with zero attached hydrogens (tertiary/aromatic N) is 4. The molecule has 2 aliphatic heterocycles. The van der Waals surface area contributed by atoms with Gasteiger partial charge in [0.25, 0.3) is 5.91 Å². The molecule has 0 N–H and O–H groups in total. The molecule has 0 bridgehead atoms. The fourth-order valence-corrected chi connectivity index (χ4v) is 2.93. The van der Waals surface area contributed by atoms with E-state index in [0.29, 0.717) is 45.0 Å². The van der Waals surface area contributed by atoms with Gasteiger partial charge in [-0.05, 0) is 6.92 Å². The molecular weight excluding hydrogens is 300 g/mol. The lowest BCUT2D eigenvalue weighted by Gasteiger charge is -2.42. The highest BCUT2D eigenvalue weighted by atomic mass is 16.5. The molecule has 1 aromatic heterocycles. The van der Waals surface area contributed by atoms with Crippen molar-refractivity contribution in [2.24, 2.45) is 5.92 Å². The van der Waals surface area contributed by atoms with Gasteiger partial charge in [0.05, 0.1) is 5.92 Å². The Morgan fingerprint density at radius 1 is 1.09 bits per heavy atom. The molecule has 124 valence electrons. The van der Waals surface area contributed by atoms with E-state index in [1.165, 1.54) is 0 Å². The number of hydrogen-bond acceptors (Lipinski definition) is 5. The van der Waals surface area contributed by atoms with Crippen LogP contribution in [0.1, 0.15) is 23.2 Å². The van der Waals surface area contributed by atoms with Crippen molar-refractivity contribution >= 4 is 17.7 Å². The van der Waals surface area contributed by atoms with Crippen molar-refractivity contribution < 1.29 is 18.9 Å². The molecule has 0 aromatic carbocycles. The minimum absolute atomic E-state index is 0.0421. The van der Waals surface area contributed by atoms with Crippen LogP contribution in [0.2, 0.25) is 0 Å². The summed E-state index contributed by atoms with van der Waals surface area (Å²) < 4.78 is 4.90. The lowest BCUT2D eigenvalue weighted by atomic mass is 9.97. The molecule has 0 unspecified atom stereocenters. The highest BCUT2D eigenvalue weighted by molar-refractivity contribution is 5.94. The van der Waals surface area contributed by atoms with E-state index < -0.39 is 0 Å². The first-order valence-electron chi connectivity index (χ1n) is 7.72. The monoisotopic (exact) mass is 320 g/mol. The first kappa shape index (κ1) is 15.5. The largest absolute Gasteiger partial charge is 0.361 e. The van der Waals surface area contributed by atoms with E-state index in [9.17, 15) is 14.4 Å². The number of aromatic nitrogens is 1. The van der Waals surface area contributed by atoms with Gasteiger partial charge in [-0.2, -0.15) is 0 Å². The molecule has 0 aliphatic carbocycles. The van der Waals surface area contributed by atoms with Gasteiger partial charge in [-0.15, -0.1) is 0 Å². The molecule has 2 aliphatic rings. The molecular formula is C15H20N4O4. The molecule has 2 fully saturated rings. The number of likely N-dealkylation sites (tertiary alicyclic amines) is 1. The molecule has 3 amide bonds. The van der Waals surface area contributed by atoms with Crippen LogP contribution in [0.3, 0.4) is 0 Å². The minimum Gasteiger partial charge on any atom is -0.361 e. The second kappa shape index (κ2) is 6.02. The topological polar surface area (TPSA) is 87.0 Å². The van der Waals surface area contributed by atoms with Gasteiger partial charge in [-0.3, -0.25) is 14.4 Å². The highest BCUT2D eigenvalue weighted by Crippen LogP contribution is 2.21. The summed E-state index contributed by atoms with van der Waals surface area (Å²) in [5, 5.41) is 3.70. The fraction of sp³-hybridized carbons (Fsp3) is 0.600. The Labute approximate surface area is 134 Å². The molecule has 0 spiro atoms. The summed E-state index contributed by atoms with van der Waals surface area (Å²) in [6.07, 6.45) is 0. The molecule has 2 saturated heterocycles. The average molecular weight is 320 g/mol. The van der Waals surface area contributed by atoms with Crippen molar-refractivity contribution in [1.29, 1.82) is 0 Å². The summed E-state index contributed by atoms with van der Waals surface area (Å²) >= 11 is 0. The first-order valence-corrected chi connectivity index (χ1v) is 7.72. The van der Waals surface area contributed by atoms with E-state index in [-0.39, 0.29) is 29.3 Å². The van der Waals surface area contributed by atoms with Crippen LogP contribution in [0.15, 0.2) is 10.6 Å². The molecule has 1 aromatic rings. The molecule has 8 heteroatoms. The van der Waals surface area contributed by atoms with Gasteiger partial charge >= 0.3 is 0 Å². The highest BCUT2D eigenvalue weighted by Gasteiger charge is 2.39. The van der Waals surface area contributed by atoms with Gasteiger partial charge in [0.2, 0.25) is 11.8 Å². The quantitative estimate of drug-likeness (QED) is 0.750. The van der Waals surface area contributed by atoms with Gasteiger partial charge in [0, 0.05) is 52.3 Å². The number of rotatable bonds is 2. The van der Waals surface area contributed by atoms with E-state index in [2.05, 4.69) is 5.16 Å². The smallest absolute Gasteiger partial charge is 0.276 e. The first-order chi connectivity index (χ1) is 11.0. The normalized spacial score (nSPS) is 18.8. The molecule has 0 atom stereocenters. The predicted octanol–water partition coefficient (Wildman–Crippen LogP) is -0.254. The molecule has 3 heterocycles. The molecule has 0 radical (unpaired) electrons. The SMILES string of the molecule is CC(=O)N1CCN(C(=O)C2CN(C(=O)c3cc(C)on3)C2)CC1. The average Bonchev–Trinajstić information content (AvgIpc) is 2.92. The van der Waals surface area contributed by atoms with E-state index >= 15 is 0 Å². The second-order valence-corrected chi connectivity index (χ2v) is 6.06. The number of piperazine rings is 1. The van der Waals surface area contributed by atoms with E-state index in [4.69, 9.17) is 4.52 Å². The summed E-state index contributed by atoms with van der Waals surface area (Å²) in [5.41, 5.74) is 0.281. The summed E-state index contributed by atoms with van der Waals surface area (Å²) in [4.78, 5) is 41.0. The second-order valence-electron chi connectivity index (χ2n) is 6.06. The number of hydrogen-bond donors (Lipinski definition) is 0. The number of carbonyl (C=O) groups is 3. The summed E-state index contributed by atoms with van der Waals surface area (Å²) in [5.74, 6) is 0.335. The minimum atomic E-state index is -0.202. The zero-order chi connectivity index (χ0) is 16.6. The number of aryl methyl sites for hydroxylation is 1. The van der Waals surface area contributed by atoms with Gasteiger partial charge < -0.3 is 19.2 Å². The van der Waals surface area contributed by atoms with Crippen molar-refractivity contribution in [3.8, 4) is 0 Å². The van der Waals surface area contributed by atoms with Crippen LogP contribution in [0.25, 0.3) is 0 Å². The Bertz CT molecular complexity index is 627. The lowest BCUT2D eigenvalue weighted by molar-refractivity contribution is -0.144. The standard InChI is InChI=1S/C15H20N4O4/c1-10-7-13(16-23-10)15(22)19-8-12(9-19)14(21)18-5-3-17(4-6-18)11(2)20/h7,12H,3-6,8-9H2,1-2H3. The number of carbonyl (C=O) groups excluding carboxylic acids is 3. The van der Waals surface area contributed by atoms with Gasteiger partial charge in [0.1, 0.15) is 5.76 Å². The van der Waals surface area contributed by atoms with Crippen LogP contribution in [-0.4, -0.2) is 76.8 Å². The Morgan fingerprint density at radius 2 is 1.70 bits per heavy atom. The van der Waals surface area contributed by atoms with Crippen molar-refractivity contribution in [3.05, 3.63) is 17.5 Å². The van der Waals surface area contributed by atoms with Crippen molar-refractivity contribution in [2.45, 2.75) is 13.8 Å². The van der Waals surface area contributed by atoms with E-state index in [1.54, 1.807) is 34.6 Å². The Kier molecular flexibility index (Phi) is 4.06. The van der Waals surface area contributed by atoms with Crippen LogP contribution in [0.5, 0.6) is 0 Å². The lowest BCUT2D eigenvalue weighted by Crippen LogP contribution is -2.59. The van der Waals surface area contributed by atoms with Crippen LogP contribution < -0.4 is 0 Å². The zero-order valence-corrected chi connectivity index (χ0v) is 13.3. The van der Waals surface area contributed by atoms with Crippen molar-refractivity contribution in [1.82, 2.24) is 19.9 Å². The third-order valence-corrected chi connectivity index (χ3v) is 4.40. The third kappa shape index (κ3) is 3.06. The summed E-state index contributed by atoms with van der Waals surface area (Å²) in [6.45, 7) is 6.37. The summed E-state index contributed by atoms with van der Waals surface area (Å²) in [7, 11) is 0. The Hall–Kier alpha value is -2.38. The Morgan fingerprint density at radius 3 is 2.22 bits per heavy atom. The van der Waals surface area contributed by atoms with Crippen LogP contribution in [-0.2, 0) is 9.59 Å². The fourth-order valence-electron chi connectivity index (χ4n) is 2.93. The maximum absolute atomic E-state index is 12.4. The van der Waals surface area contributed by atoms with Gasteiger partial charge in [-0.1, -0.05) is 5.16 Å². The molecule has 23 heavy (non-hydrogen) atoms. The van der Waals surface area contributed by atoms with Gasteiger partial charge in [-0.25, -0.2) is 0 Å².